The third kappa shape index (κ3) is 10.3. The molecule has 4 N–H and O–H groups in total. The van der Waals surface area contributed by atoms with Gasteiger partial charge in [-0.05, 0) is 88.3 Å². The molecule has 0 aromatic heterocycles. The highest BCUT2D eigenvalue weighted by Crippen LogP contribution is 2.31. The monoisotopic (exact) mass is 488 g/mol. The molecule has 0 aliphatic carbocycles. The second-order valence-electron chi connectivity index (χ2n) is 9.87. The molecule has 7 heteroatoms. The minimum absolute atomic E-state index is 0.198. The molecule has 7 nitrogen and oxygen atoms in total. The first-order valence-electron chi connectivity index (χ1n) is 12.8. The minimum atomic E-state index is 0.198. The summed E-state index contributed by atoms with van der Waals surface area (Å²) in [7, 11) is 3.37. The largest absolute Gasteiger partial charge is 0.495 e. The lowest BCUT2D eigenvalue weighted by Gasteiger charge is -2.32. The van der Waals surface area contributed by atoms with Gasteiger partial charge < -0.3 is 30.8 Å². The van der Waals surface area contributed by atoms with Crippen molar-refractivity contribution in [3.8, 4) is 5.75 Å². The van der Waals surface area contributed by atoms with Crippen molar-refractivity contribution in [2.24, 2.45) is 17.6 Å². The van der Waals surface area contributed by atoms with Crippen LogP contribution in [-0.2, 0) is 4.79 Å². The molecule has 2 aliphatic heterocycles. The number of ether oxygens (including phenoxy) is 1. The van der Waals surface area contributed by atoms with Gasteiger partial charge in [-0.3, -0.25) is 4.79 Å². The molecule has 2 heterocycles. The van der Waals surface area contributed by atoms with E-state index in [1.165, 1.54) is 24.6 Å². The van der Waals surface area contributed by atoms with E-state index in [0.29, 0.717) is 24.2 Å². The second kappa shape index (κ2) is 15.5. The van der Waals surface area contributed by atoms with Crippen molar-refractivity contribution in [3.63, 3.8) is 0 Å². The van der Waals surface area contributed by atoms with Gasteiger partial charge in [0.25, 0.3) is 0 Å². The zero-order valence-corrected chi connectivity index (χ0v) is 22.8. The van der Waals surface area contributed by atoms with Gasteiger partial charge in [-0.25, -0.2) is 0 Å². The standard InChI is InChI=1S/C22H32N2O3.C5H11N.CH5N/c1-16-13-20(6-7-21(16)19-14-22(26)23(3)15-19)27-12-4-5-18-8-10-24(11-9-18)17(2)25;1-4(2)5(3)6;1-2/h6-7,13,18-19,25H,2,4-5,8-12,14-15H2,1,3H3;4,6H,1-3H3;2H2,1H3. The molecule has 0 saturated carbocycles. The average Bonchev–Trinajstić information content (AvgIpc) is 3.16. The third-order valence-electron chi connectivity index (χ3n) is 6.89. The van der Waals surface area contributed by atoms with Crippen LogP contribution in [0.2, 0.25) is 0 Å². The second-order valence-corrected chi connectivity index (χ2v) is 9.87. The van der Waals surface area contributed by atoms with Gasteiger partial charge in [0, 0.05) is 44.7 Å². The highest BCUT2D eigenvalue weighted by molar-refractivity contribution is 5.80. The number of hydrogen-bond acceptors (Lipinski definition) is 6. The molecule has 1 amide bonds. The Balaban J connectivity index is 0.000000670. The molecule has 2 fully saturated rings. The number of likely N-dealkylation sites (N-methyl/N-ethyl adjacent to an activating group) is 1. The summed E-state index contributed by atoms with van der Waals surface area (Å²) in [6.45, 7) is 14.9. The molecule has 2 aliphatic rings. The fraction of sp³-hybridized carbons (Fsp3) is 0.643. The number of aryl methyl sites for hydroxylation is 1. The number of nitrogens with zero attached hydrogens (tertiary/aromatic N) is 2. The Morgan fingerprint density at radius 1 is 1.29 bits per heavy atom. The summed E-state index contributed by atoms with van der Waals surface area (Å²) in [6.07, 6.45) is 5.05. The highest BCUT2D eigenvalue weighted by Gasteiger charge is 2.28. The van der Waals surface area contributed by atoms with Crippen LogP contribution >= 0.6 is 0 Å². The van der Waals surface area contributed by atoms with Gasteiger partial charge in [-0.1, -0.05) is 19.9 Å². The van der Waals surface area contributed by atoms with E-state index in [1.54, 1.807) is 0 Å². The molecule has 2 saturated heterocycles. The number of nitrogens with two attached hydrogens (primary N) is 1. The van der Waals surface area contributed by atoms with Gasteiger partial charge in [-0.15, -0.1) is 0 Å². The molecule has 0 radical (unpaired) electrons. The van der Waals surface area contributed by atoms with Crippen LogP contribution in [0.5, 0.6) is 5.75 Å². The van der Waals surface area contributed by atoms with Crippen molar-refractivity contribution in [1.29, 1.82) is 5.41 Å². The maximum absolute atomic E-state index is 11.8. The zero-order chi connectivity index (χ0) is 26.5. The lowest BCUT2D eigenvalue weighted by atomic mass is 9.92. The van der Waals surface area contributed by atoms with Gasteiger partial charge in [0.1, 0.15) is 5.75 Å². The quantitative estimate of drug-likeness (QED) is 0.268. The molecule has 35 heavy (non-hydrogen) atoms. The molecule has 1 aromatic rings. The van der Waals surface area contributed by atoms with Gasteiger partial charge in [-0.2, -0.15) is 0 Å². The summed E-state index contributed by atoms with van der Waals surface area (Å²) < 4.78 is 5.96. The first kappa shape index (κ1) is 30.5. The molecule has 0 spiro atoms. The van der Waals surface area contributed by atoms with E-state index in [4.69, 9.17) is 10.1 Å². The van der Waals surface area contributed by atoms with Gasteiger partial charge >= 0.3 is 0 Å². The van der Waals surface area contributed by atoms with E-state index >= 15 is 0 Å². The summed E-state index contributed by atoms with van der Waals surface area (Å²) >= 11 is 0. The number of carbonyl (C=O) groups excluding carboxylic acids is 1. The molecule has 0 bridgehead atoms. The molecule has 198 valence electrons. The van der Waals surface area contributed by atoms with Gasteiger partial charge in [0.05, 0.1) is 6.61 Å². The van der Waals surface area contributed by atoms with Crippen molar-refractivity contribution in [2.75, 3.05) is 40.3 Å². The number of amides is 1. The summed E-state index contributed by atoms with van der Waals surface area (Å²) in [5.41, 5.74) is 7.73. The number of aliphatic hydroxyl groups excluding tert-OH is 1. The van der Waals surface area contributed by atoms with E-state index in [9.17, 15) is 9.90 Å². The van der Waals surface area contributed by atoms with Crippen LogP contribution in [0, 0.1) is 24.2 Å². The highest BCUT2D eigenvalue weighted by atomic mass is 16.5. The topological polar surface area (TPSA) is 103 Å². The molecule has 3 rings (SSSR count). The summed E-state index contributed by atoms with van der Waals surface area (Å²) in [6, 6.07) is 6.26. The van der Waals surface area contributed by atoms with Crippen LogP contribution in [-0.4, -0.2) is 66.9 Å². The number of rotatable bonds is 8. The van der Waals surface area contributed by atoms with E-state index < -0.39 is 0 Å². The van der Waals surface area contributed by atoms with Crippen molar-refractivity contribution in [3.05, 3.63) is 41.8 Å². The Morgan fingerprint density at radius 3 is 2.34 bits per heavy atom. The van der Waals surface area contributed by atoms with E-state index in [-0.39, 0.29) is 11.8 Å². The van der Waals surface area contributed by atoms with Gasteiger partial charge in [0.2, 0.25) is 5.91 Å². The van der Waals surface area contributed by atoms with Crippen LogP contribution in [0.25, 0.3) is 0 Å². The first-order valence-corrected chi connectivity index (χ1v) is 12.8. The lowest BCUT2D eigenvalue weighted by Crippen LogP contribution is -2.32. The molecule has 1 unspecified atom stereocenters. The Morgan fingerprint density at radius 2 is 1.89 bits per heavy atom. The van der Waals surface area contributed by atoms with Crippen molar-refractivity contribution in [1.82, 2.24) is 9.80 Å². The lowest BCUT2D eigenvalue weighted by molar-refractivity contribution is -0.126. The van der Waals surface area contributed by atoms with Crippen LogP contribution in [0.1, 0.15) is 69.9 Å². The van der Waals surface area contributed by atoms with Gasteiger partial charge in [0.15, 0.2) is 5.88 Å². The smallest absolute Gasteiger partial charge is 0.223 e. The van der Waals surface area contributed by atoms with E-state index in [1.807, 2.05) is 43.7 Å². The van der Waals surface area contributed by atoms with Crippen LogP contribution in [0.4, 0.5) is 0 Å². The maximum atomic E-state index is 11.8. The Labute approximate surface area is 212 Å². The predicted molar refractivity (Wildman–Crippen MR) is 145 cm³/mol. The molecule has 1 atom stereocenters. The number of likely N-dealkylation sites (tertiary alicyclic amines) is 2. The third-order valence-corrected chi connectivity index (χ3v) is 6.89. The van der Waals surface area contributed by atoms with Crippen molar-refractivity contribution >= 4 is 11.6 Å². The minimum Gasteiger partial charge on any atom is -0.495 e. The Kier molecular flexibility index (Phi) is 13.5. The number of carbonyl (C=O) groups is 1. The normalized spacial score (nSPS) is 17.9. The number of hydrogen-bond donors (Lipinski definition) is 3. The summed E-state index contributed by atoms with van der Waals surface area (Å²) in [5.74, 6) is 2.80. The fourth-order valence-electron chi connectivity index (χ4n) is 4.31. The zero-order valence-electron chi connectivity index (χ0n) is 22.8. The van der Waals surface area contributed by atoms with Crippen LogP contribution in [0.15, 0.2) is 30.7 Å². The Hall–Kier alpha value is -2.54. The van der Waals surface area contributed by atoms with Crippen LogP contribution in [0.3, 0.4) is 0 Å². The van der Waals surface area contributed by atoms with Crippen LogP contribution < -0.4 is 10.5 Å². The first-order chi connectivity index (χ1) is 16.6. The molecular weight excluding hydrogens is 440 g/mol. The number of piperidine rings is 1. The summed E-state index contributed by atoms with van der Waals surface area (Å²) in [5, 5.41) is 16.4. The number of nitrogens with one attached hydrogen (secondary N) is 1. The number of benzene rings is 1. The van der Waals surface area contributed by atoms with Crippen molar-refractivity contribution in [2.45, 2.75) is 65.7 Å². The predicted octanol–water partition coefficient (Wildman–Crippen LogP) is 5.10. The average molecular weight is 489 g/mol. The molecule has 1 aromatic carbocycles. The SMILES string of the molecule is C=C(O)N1CCC(CCCOc2ccc(C3CC(=O)N(C)C3)c(C)c2)CC1.CC(=N)C(C)C.CN. The van der Waals surface area contributed by atoms with E-state index in [2.05, 4.69) is 31.4 Å². The Bertz CT molecular complexity index is 816. The number of aliphatic hydroxyl groups is 1. The maximum Gasteiger partial charge on any atom is 0.223 e. The summed E-state index contributed by atoms with van der Waals surface area (Å²) in [4.78, 5) is 15.5. The molecular formula is C28H48N4O3. The van der Waals surface area contributed by atoms with Crippen molar-refractivity contribution < 1.29 is 14.6 Å². The van der Waals surface area contributed by atoms with E-state index in [0.717, 1.165) is 57.0 Å². The fourth-order valence-corrected chi connectivity index (χ4v) is 4.31.